The second-order valence-corrected chi connectivity index (χ2v) is 18.2. The summed E-state index contributed by atoms with van der Waals surface area (Å²) < 4.78 is 16.8. The highest BCUT2D eigenvalue weighted by atomic mass is 16.6. The molecule has 0 aliphatic heterocycles. The Morgan fingerprint density at radius 2 is 0.606 bits per heavy atom. The predicted octanol–water partition coefficient (Wildman–Crippen LogP) is 19.2. The van der Waals surface area contributed by atoms with Crippen LogP contribution in [0.5, 0.6) is 0 Å². The Balaban J connectivity index is 4.53. The third kappa shape index (κ3) is 56.1. The highest BCUT2D eigenvalue weighted by Crippen LogP contribution is 2.14. The Bertz CT molecular complexity index is 1590. The molecule has 1 atom stereocenters. The molecule has 0 amide bonds. The van der Waals surface area contributed by atoms with E-state index in [9.17, 15) is 14.4 Å². The number of hydrogen-bond donors (Lipinski definition) is 0. The summed E-state index contributed by atoms with van der Waals surface area (Å²) in [5, 5.41) is 0. The normalized spacial score (nSPS) is 13.2. The number of carbonyl (C=O) groups excluding carboxylic acids is 3. The minimum atomic E-state index is -0.815. The molecule has 0 aromatic heterocycles. The van der Waals surface area contributed by atoms with Gasteiger partial charge in [0.15, 0.2) is 6.10 Å². The Morgan fingerprint density at radius 3 is 1.00 bits per heavy atom. The maximum absolute atomic E-state index is 12.9. The number of unbranched alkanes of at least 4 members (excludes halogenated alkanes) is 18. The molecular weight excluding hydrogens is 877 g/mol. The number of esters is 3. The van der Waals surface area contributed by atoms with Gasteiger partial charge in [0, 0.05) is 19.3 Å². The van der Waals surface area contributed by atoms with E-state index in [1.54, 1.807) is 0 Å². The van der Waals surface area contributed by atoms with Crippen LogP contribution >= 0.6 is 0 Å². The van der Waals surface area contributed by atoms with Crippen molar-refractivity contribution in [3.05, 3.63) is 146 Å². The van der Waals surface area contributed by atoms with E-state index in [4.69, 9.17) is 14.2 Å². The quantitative estimate of drug-likeness (QED) is 0.0199. The second-order valence-electron chi connectivity index (χ2n) is 18.2. The summed E-state index contributed by atoms with van der Waals surface area (Å²) in [6.45, 7) is 6.26. The van der Waals surface area contributed by atoms with Gasteiger partial charge in [0.2, 0.25) is 0 Å². The number of ether oxygens (including phenoxy) is 3. The molecule has 0 aromatic rings. The molecule has 71 heavy (non-hydrogen) atoms. The Kier molecular flexibility index (Phi) is 54.0. The molecule has 6 heteroatoms. The lowest BCUT2D eigenvalue weighted by Gasteiger charge is -2.18. The zero-order valence-electron chi connectivity index (χ0n) is 45.4. The summed E-state index contributed by atoms with van der Waals surface area (Å²) in [6.07, 6.45) is 82.5. The fraction of sp³-hybridized carbons (Fsp3) is 0.585. The van der Waals surface area contributed by atoms with Crippen LogP contribution in [-0.2, 0) is 28.6 Å². The minimum absolute atomic E-state index is 0.108. The van der Waals surface area contributed by atoms with Crippen LogP contribution in [0.4, 0.5) is 0 Å². The lowest BCUT2D eigenvalue weighted by molar-refractivity contribution is -0.167. The van der Waals surface area contributed by atoms with Gasteiger partial charge in [-0.3, -0.25) is 14.4 Å². The van der Waals surface area contributed by atoms with Crippen LogP contribution in [0.1, 0.15) is 226 Å². The van der Waals surface area contributed by atoms with Gasteiger partial charge in [-0.05, 0) is 109 Å². The lowest BCUT2D eigenvalue weighted by Crippen LogP contribution is -2.30. The first-order chi connectivity index (χ1) is 35.0. The van der Waals surface area contributed by atoms with E-state index in [1.807, 2.05) is 36.5 Å². The van der Waals surface area contributed by atoms with Crippen molar-refractivity contribution >= 4 is 17.9 Å². The molecule has 0 rings (SSSR count). The molecule has 398 valence electrons. The van der Waals surface area contributed by atoms with Crippen LogP contribution in [-0.4, -0.2) is 37.2 Å². The van der Waals surface area contributed by atoms with Gasteiger partial charge < -0.3 is 14.2 Å². The van der Waals surface area contributed by atoms with E-state index in [1.165, 1.54) is 44.9 Å². The Labute approximate surface area is 436 Å². The molecule has 0 radical (unpaired) electrons. The third-order valence-corrected chi connectivity index (χ3v) is 11.4. The first-order valence-corrected chi connectivity index (χ1v) is 28.4. The van der Waals surface area contributed by atoms with Gasteiger partial charge in [0.05, 0.1) is 0 Å². The van der Waals surface area contributed by atoms with Gasteiger partial charge in [0.1, 0.15) is 13.2 Å². The number of carbonyl (C=O) groups is 3. The second kappa shape index (κ2) is 57.9. The first-order valence-electron chi connectivity index (χ1n) is 28.4. The third-order valence-electron chi connectivity index (χ3n) is 11.4. The molecule has 6 nitrogen and oxygen atoms in total. The number of rotatable bonds is 49. The molecule has 0 fully saturated rings. The van der Waals surface area contributed by atoms with Crippen molar-refractivity contribution in [1.29, 1.82) is 0 Å². The summed E-state index contributed by atoms with van der Waals surface area (Å²) in [7, 11) is 0. The van der Waals surface area contributed by atoms with Crippen molar-refractivity contribution in [3.63, 3.8) is 0 Å². The van der Waals surface area contributed by atoms with Gasteiger partial charge in [0.25, 0.3) is 0 Å². The van der Waals surface area contributed by atoms with Gasteiger partial charge in [-0.15, -0.1) is 0 Å². The molecule has 0 aromatic carbocycles. The van der Waals surface area contributed by atoms with E-state index in [0.29, 0.717) is 12.8 Å². The molecule has 1 unspecified atom stereocenters. The van der Waals surface area contributed by atoms with E-state index < -0.39 is 6.10 Å². The van der Waals surface area contributed by atoms with Gasteiger partial charge >= 0.3 is 17.9 Å². The lowest BCUT2D eigenvalue weighted by atomic mass is 10.1. The van der Waals surface area contributed by atoms with Crippen molar-refractivity contribution in [3.8, 4) is 0 Å². The fourth-order valence-electron chi connectivity index (χ4n) is 7.24. The van der Waals surface area contributed by atoms with Crippen LogP contribution < -0.4 is 0 Å². The molecule has 0 bridgehead atoms. The largest absolute Gasteiger partial charge is 0.462 e. The topological polar surface area (TPSA) is 78.9 Å². The SMILES string of the molecule is CC/C=C\C/C=C\C/C=C\C/C=C\CCCCCC(=O)OCC(COC(=O)CCCCCCCCCCC/C=C\C/C=C\C/C=C\CC)OC(=O)CCCCCCC\C=C/C=C\C=C/C=C\C=C/CCC. The maximum Gasteiger partial charge on any atom is 0.306 e. The Morgan fingerprint density at radius 1 is 0.310 bits per heavy atom. The molecule has 0 saturated heterocycles. The van der Waals surface area contributed by atoms with Crippen molar-refractivity contribution in [2.75, 3.05) is 13.2 Å². The molecule has 0 saturated carbocycles. The van der Waals surface area contributed by atoms with E-state index in [2.05, 4.69) is 130 Å². The van der Waals surface area contributed by atoms with Crippen LogP contribution in [0.25, 0.3) is 0 Å². The Hall–Kier alpha value is -4.71. The molecule has 0 spiro atoms. The summed E-state index contributed by atoms with van der Waals surface area (Å²) >= 11 is 0. The van der Waals surface area contributed by atoms with Crippen molar-refractivity contribution in [1.82, 2.24) is 0 Å². The molecule has 0 aliphatic rings. The summed E-state index contributed by atoms with van der Waals surface area (Å²) in [5.74, 6) is -0.976. The molecular formula is C65H102O6. The zero-order chi connectivity index (χ0) is 51.4. The smallest absolute Gasteiger partial charge is 0.306 e. The average molecular weight is 980 g/mol. The summed E-state index contributed by atoms with van der Waals surface area (Å²) in [4.78, 5) is 38.2. The highest BCUT2D eigenvalue weighted by Gasteiger charge is 2.19. The van der Waals surface area contributed by atoms with Gasteiger partial charge in [-0.2, -0.15) is 0 Å². The number of allylic oxidation sites excluding steroid dienone is 24. The predicted molar refractivity (Wildman–Crippen MR) is 306 cm³/mol. The van der Waals surface area contributed by atoms with E-state index in [-0.39, 0.29) is 37.5 Å². The molecule has 0 heterocycles. The van der Waals surface area contributed by atoms with Crippen LogP contribution in [0, 0.1) is 0 Å². The molecule has 0 aliphatic carbocycles. The fourth-order valence-corrected chi connectivity index (χ4v) is 7.24. The van der Waals surface area contributed by atoms with Crippen molar-refractivity contribution in [2.24, 2.45) is 0 Å². The zero-order valence-corrected chi connectivity index (χ0v) is 45.4. The van der Waals surface area contributed by atoms with Crippen molar-refractivity contribution in [2.45, 2.75) is 232 Å². The summed E-state index contributed by atoms with van der Waals surface area (Å²) in [5.41, 5.74) is 0. The van der Waals surface area contributed by atoms with Crippen LogP contribution in [0.3, 0.4) is 0 Å². The standard InChI is InChI=1S/C65H102O6/c1-4-7-10-13-16-19-22-25-28-31-33-35-37-40-43-46-49-52-55-58-64(67)70-61-62(60-69-63(66)57-54-51-48-45-42-39-36-30-27-24-21-18-15-12-9-6-3)71-65(68)59-56-53-50-47-44-41-38-34-32-29-26-23-20-17-14-11-8-5-2/h7,9-12,14,16-21,23,25-30,32,34,38-39,42,62H,4-6,8,13,15,22,24,31,33,35-37,40-41,43-61H2,1-3H3/b10-7-,12-9-,14-11-,19-16-,20-17-,21-18-,26-23-,28-25-,30-27-,32-29-,38-34-,42-39-. The first kappa shape index (κ1) is 66.3. The summed E-state index contributed by atoms with van der Waals surface area (Å²) in [6, 6.07) is 0. The molecule has 0 N–H and O–H groups in total. The minimum Gasteiger partial charge on any atom is -0.462 e. The van der Waals surface area contributed by atoms with E-state index >= 15 is 0 Å². The van der Waals surface area contributed by atoms with E-state index in [0.717, 1.165) is 141 Å². The monoisotopic (exact) mass is 979 g/mol. The average Bonchev–Trinajstić information content (AvgIpc) is 3.37. The van der Waals surface area contributed by atoms with Crippen molar-refractivity contribution < 1.29 is 28.6 Å². The number of hydrogen-bond acceptors (Lipinski definition) is 6. The van der Waals surface area contributed by atoms with Gasteiger partial charge in [-0.25, -0.2) is 0 Å². The maximum atomic E-state index is 12.9. The van der Waals surface area contributed by atoms with Crippen LogP contribution in [0.15, 0.2) is 146 Å². The van der Waals surface area contributed by atoms with Gasteiger partial charge in [-0.1, -0.05) is 244 Å². The van der Waals surface area contributed by atoms with Crippen LogP contribution in [0.2, 0.25) is 0 Å². The highest BCUT2D eigenvalue weighted by molar-refractivity contribution is 5.71.